The van der Waals surface area contributed by atoms with Gasteiger partial charge in [0.15, 0.2) is 0 Å². The summed E-state index contributed by atoms with van der Waals surface area (Å²) in [5, 5.41) is 2.93. The van der Waals surface area contributed by atoms with Crippen LogP contribution in [0.5, 0.6) is 0 Å². The highest BCUT2D eigenvalue weighted by molar-refractivity contribution is 8.00. The molecule has 0 atom stereocenters. The molecule has 0 saturated carbocycles. The van der Waals surface area contributed by atoms with Crippen molar-refractivity contribution in [3.63, 3.8) is 0 Å². The molecule has 2 rings (SSSR count). The third-order valence-corrected chi connectivity index (χ3v) is 5.51. The predicted molar refractivity (Wildman–Crippen MR) is 83.3 cm³/mol. The molecule has 19 heavy (non-hydrogen) atoms. The number of carbonyl (C=O) groups excluding carboxylic acids is 1. The van der Waals surface area contributed by atoms with E-state index in [4.69, 9.17) is 4.42 Å². The Labute approximate surface area is 125 Å². The van der Waals surface area contributed by atoms with E-state index in [-0.39, 0.29) is 5.91 Å². The molecule has 6 heteroatoms. The summed E-state index contributed by atoms with van der Waals surface area (Å²) in [5.41, 5.74) is 0. The van der Waals surface area contributed by atoms with Crippen LogP contribution < -0.4 is 5.32 Å². The van der Waals surface area contributed by atoms with Gasteiger partial charge in [-0.25, -0.2) is 0 Å². The minimum absolute atomic E-state index is 0.0175. The van der Waals surface area contributed by atoms with Gasteiger partial charge in [0, 0.05) is 12.3 Å². The molecule has 1 amide bonds. The molecular formula is C13H15NO2S3. The molecular weight excluding hydrogens is 298 g/mol. The first-order chi connectivity index (χ1) is 9.29. The van der Waals surface area contributed by atoms with Crippen LogP contribution in [0.4, 0.5) is 0 Å². The van der Waals surface area contributed by atoms with Gasteiger partial charge in [0.05, 0.1) is 21.1 Å². The van der Waals surface area contributed by atoms with Crippen molar-refractivity contribution in [2.45, 2.75) is 9.96 Å². The Morgan fingerprint density at radius 1 is 1.42 bits per heavy atom. The number of carbonyl (C=O) groups is 1. The molecule has 0 unspecified atom stereocenters. The summed E-state index contributed by atoms with van der Waals surface area (Å²) in [5.74, 6) is 2.72. The fraction of sp³-hybridized carbons (Fsp3) is 0.308. The van der Waals surface area contributed by atoms with Gasteiger partial charge in [-0.2, -0.15) is 11.8 Å². The molecule has 0 radical (unpaired) electrons. The topological polar surface area (TPSA) is 42.2 Å². The first-order valence-corrected chi connectivity index (χ1v) is 9.01. The maximum atomic E-state index is 11.8. The normalized spacial score (nSPS) is 10.6. The molecule has 0 fully saturated rings. The van der Waals surface area contributed by atoms with Crippen LogP contribution in [-0.2, 0) is 5.75 Å². The van der Waals surface area contributed by atoms with E-state index in [1.807, 2.05) is 30.5 Å². The second-order valence-electron chi connectivity index (χ2n) is 3.71. The summed E-state index contributed by atoms with van der Waals surface area (Å²) in [6.45, 7) is 0.677. The van der Waals surface area contributed by atoms with Gasteiger partial charge in [0.1, 0.15) is 5.76 Å². The van der Waals surface area contributed by atoms with Gasteiger partial charge < -0.3 is 9.73 Å². The number of rotatable bonds is 7. The van der Waals surface area contributed by atoms with E-state index >= 15 is 0 Å². The third-order valence-electron chi connectivity index (χ3n) is 2.36. The number of thiophene rings is 1. The Morgan fingerprint density at radius 3 is 3.00 bits per heavy atom. The van der Waals surface area contributed by atoms with Crippen LogP contribution in [0.3, 0.4) is 0 Å². The molecule has 0 bridgehead atoms. The quantitative estimate of drug-likeness (QED) is 0.625. The SMILES string of the molecule is CSc1ccc(C(=O)NCCSCc2ccco2)s1. The molecule has 0 aromatic carbocycles. The molecule has 1 N–H and O–H groups in total. The van der Waals surface area contributed by atoms with Crippen LogP contribution in [0.15, 0.2) is 39.2 Å². The van der Waals surface area contributed by atoms with Crippen LogP contribution in [0.1, 0.15) is 15.4 Å². The van der Waals surface area contributed by atoms with Crippen molar-refractivity contribution >= 4 is 40.8 Å². The van der Waals surface area contributed by atoms with Crippen molar-refractivity contribution < 1.29 is 9.21 Å². The molecule has 0 saturated heterocycles. The zero-order valence-corrected chi connectivity index (χ0v) is 13.0. The standard InChI is InChI=1S/C13H15NO2S3/c1-17-12-5-4-11(19-12)13(15)14-6-8-18-9-10-3-2-7-16-10/h2-5,7H,6,8-9H2,1H3,(H,14,15). The lowest BCUT2D eigenvalue weighted by atomic mass is 10.4. The summed E-state index contributed by atoms with van der Waals surface area (Å²) in [6.07, 6.45) is 3.69. The van der Waals surface area contributed by atoms with Crippen molar-refractivity contribution in [2.75, 3.05) is 18.6 Å². The molecule has 2 heterocycles. The Morgan fingerprint density at radius 2 is 2.32 bits per heavy atom. The second-order valence-corrected chi connectivity index (χ2v) is 7.01. The lowest BCUT2D eigenvalue weighted by Gasteiger charge is -2.02. The average Bonchev–Trinajstić information content (AvgIpc) is 3.09. The van der Waals surface area contributed by atoms with Crippen molar-refractivity contribution in [3.8, 4) is 0 Å². The van der Waals surface area contributed by atoms with E-state index in [2.05, 4.69) is 5.32 Å². The van der Waals surface area contributed by atoms with E-state index in [9.17, 15) is 4.79 Å². The largest absolute Gasteiger partial charge is 0.468 e. The van der Waals surface area contributed by atoms with E-state index in [0.717, 1.165) is 26.4 Å². The Kier molecular flexibility index (Phi) is 5.88. The molecule has 2 aromatic rings. The smallest absolute Gasteiger partial charge is 0.261 e. The summed E-state index contributed by atoms with van der Waals surface area (Å²) >= 11 is 4.94. The maximum absolute atomic E-state index is 11.8. The molecule has 0 aliphatic carbocycles. The van der Waals surface area contributed by atoms with E-state index in [1.165, 1.54) is 11.3 Å². The first kappa shape index (κ1) is 14.6. The van der Waals surface area contributed by atoms with Crippen LogP contribution in [-0.4, -0.2) is 24.5 Å². The fourth-order valence-electron chi connectivity index (χ4n) is 1.44. The van der Waals surface area contributed by atoms with Gasteiger partial charge in [-0.05, 0) is 30.5 Å². The number of furan rings is 1. The van der Waals surface area contributed by atoms with Crippen LogP contribution in [0.2, 0.25) is 0 Å². The number of thioether (sulfide) groups is 2. The van der Waals surface area contributed by atoms with Gasteiger partial charge in [0.25, 0.3) is 5.91 Å². The first-order valence-electron chi connectivity index (χ1n) is 5.82. The second kappa shape index (κ2) is 7.67. The average molecular weight is 313 g/mol. The molecule has 2 aromatic heterocycles. The maximum Gasteiger partial charge on any atom is 0.261 e. The summed E-state index contributed by atoms with van der Waals surface area (Å²) in [6, 6.07) is 7.71. The van der Waals surface area contributed by atoms with Gasteiger partial charge in [-0.3, -0.25) is 4.79 Å². The monoisotopic (exact) mass is 313 g/mol. The molecule has 102 valence electrons. The number of amides is 1. The van der Waals surface area contributed by atoms with Gasteiger partial charge >= 0.3 is 0 Å². The Hall–Kier alpha value is -0.850. The highest BCUT2D eigenvalue weighted by atomic mass is 32.2. The van der Waals surface area contributed by atoms with Crippen molar-refractivity contribution in [1.29, 1.82) is 0 Å². The molecule has 0 aliphatic rings. The minimum atomic E-state index is 0.0175. The fourth-order valence-corrected chi connectivity index (χ4v) is 3.66. The van der Waals surface area contributed by atoms with Crippen LogP contribution in [0, 0.1) is 0 Å². The third kappa shape index (κ3) is 4.63. The van der Waals surface area contributed by atoms with Gasteiger partial charge in [-0.1, -0.05) is 0 Å². The number of nitrogens with one attached hydrogen (secondary N) is 1. The minimum Gasteiger partial charge on any atom is -0.468 e. The zero-order chi connectivity index (χ0) is 13.5. The number of hydrogen-bond acceptors (Lipinski definition) is 5. The predicted octanol–water partition coefficient (Wildman–Crippen LogP) is 3.73. The van der Waals surface area contributed by atoms with Crippen molar-refractivity contribution in [2.24, 2.45) is 0 Å². The summed E-state index contributed by atoms with van der Waals surface area (Å²) in [7, 11) is 0. The lowest BCUT2D eigenvalue weighted by molar-refractivity contribution is 0.0960. The highest BCUT2D eigenvalue weighted by Gasteiger charge is 2.08. The van der Waals surface area contributed by atoms with Crippen molar-refractivity contribution in [3.05, 3.63) is 41.2 Å². The Balaban J connectivity index is 1.64. The van der Waals surface area contributed by atoms with Crippen LogP contribution in [0.25, 0.3) is 0 Å². The van der Waals surface area contributed by atoms with Crippen molar-refractivity contribution in [1.82, 2.24) is 5.32 Å². The van der Waals surface area contributed by atoms with E-state index < -0.39 is 0 Å². The lowest BCUT2D eigenvalue weighted by Crippen LogP contribution is -2.24. The number of hydrogen-bond donors (Lipinski definition) is 1. The van der Waals surface area contributed by atoms with E-state index in [0.29, 0.717) is 6.54 Å². The van der Waals surface area contributed by atoms with Crippen LogP contribution >= 0.6 is 34.9 Å². The summed E-state index contributed by atoms with van der Waals surface area (Å²) < 4.78 is 6.40. The van der Waals surface area contributed by atoms with E-state index in [1.54, 1.807) is 29.8 Å². The summed E-state index contributed by atoms with van der Waals surface area (Å²) in [4.78, 5) is 12.6. The van der Waals surface area contributed by atoms with Gasteiger partial charge in [-0.15, -0.1) is 23.1 Å². The molecule has 0 aliphatic heterocycles. The van der Waals surface area contributed by atoms with Gasteiger partial charge in [0.2, 0.25) is 0 Å². The molecule has 0 spiro atoms. The zero-order valence-electron chi connectivity index (χ0n) is 10.5. The molecule has 3 nitrogen and oxygen atoms in total. The Bertz CT molecular complexity index is 508. The highest BCUT2D eigenvalue weighted by Crippen LogP contribution is 2.24.